The van der Waals surface area contributed by atoms with Gasteiger partial charge in [0.05, 0.1) is 0 Å². The average molecular weight is 315 g/mol. The molecule has 0 saturated carbocycles. The van der Waals surface area contributed by atoms with Crippen LogP contribution in [0.25, 0.3) is 10.1 Å². The van der Waals surface area contributed by atoms with Gasteiger partial charge in [-0.1, -0.05) is 13.3 Å². The normalized spacial score (nSPS) is 17.3. The number of benzene rings is 1. The summed E-state index contributed by atoms with van der Waals surface area (Å²) in [5.74, 6) is 0.665. The second-order valence-electron chi connectivity index (χ2n) is 6.26. The summed E-state index contributed by atoms with van der Waals surface area (Å²) in [6.45, 7) is 2.22. The second-order valence-corrected chi connectivity index (χ2v) is 7.40. The van der Waals surface area contributed by atoms with E-state index in [1.807, 2.05) is 12.1 Å². The molecule has 0 fully saturated rings. The van der Waals surface area contributed by atoms with Crippen molar-refractivity contribution in [3.8, 4) is 0 Å². The number of carbonyl (C=O) groups is 1. The van der Waals surface area contributed by atoms with Gasteiger partial charge in [-0.2, -0.15) is 0 Å². The van der Waals surface area contributed by atoms with E-state index in [2.05, 4.69) is 6.92 Å². The van der Waals surface area contributed by atoms with Crippen molar-refractivity contribution in [3.05, 3.63) is 44.4 Å². The molecule has 0 N–H and O–H groups in total. The van der Waals surface area contributed by atoms with Crippen molar-refractivity contribution in [2.75, 3.05) is 14.1 Å². The van der Waals surface area contributed by atoms with Crippen LogP contribution in [0, 0.1) is 5.92 Å². The molecule has 0 radical (unpaired) electrons. The Kier molecular flexibility index (Phi) is 4.04. The molecular weight excluding hydrogens is 294 g/mol. The van der Waals surface area contributed by atoms with Gasteiger partial charge in [-0.15, -0.1) is 11.3 Å². The molecular formula is C18H21NO2S. The van der Waals surface area contributed by atoms with Crippen molar-refractivity contribution in [2.45, 2.75) is 32.6 Å². The Labute approximate surface area is 134 Å². The van der Waals surface area contributed by atoms with E-state index in [-0.39, 0.29) is 11.3 Å². The van der Waals surface area contributed by atoms with E-state index in [0.29, 0.717) is 11.5 Å². The highest BCUT2D eigenvalue weighted by Crippen LogP contribution is 2.32. The molecule has 1 atom stereocenters. The van der Waals surface area contributed by atoms with Gasteiger partial charge in [-0.3, -0.25) is 9.59 Å². The fourth-order valence-corrected chi connectivity index (χ4v) is 4.51. The SMILES string of the molecule is CCC1CCc2c(sc3cc(C(=O)N(C)C)ccc3c2=O)C1. The molecule has 1 aliphatic rings. The molecule has 22 heavy (non-hydrogen) atoms. The smallest absolute Gasteiger partial charge is 0.253 e. The Morgan fingerprint density at radius 2 is 2.14 bits per heavy atom. The van der Waals surface area contributed by atoms with Crippen molar-refractivity contribution < 1.29 is 4.79 Å². The molecule has 4 heteroatoms. The van der Waals surface area contributed by atoms with Gasteiger partial charge in [0.2, 0.25) is 0 Å². The minimum atomic E-state index is -0.0225. The van der Waals surface area contributed by atoms with Gasteiger partial charge in [0, 0.05) is 40.2 Å². The summed E-state index contributed by atoms with van der Waals surface area (Å²) in [6, 6.07) is 5.46. The topological polar surface area (TPSA) is 37.4 Å². The second kappa shape index (κ2) is 5.84. The Morgan fingerprint density at radius 1 is 1.36 bits per heavy atom. The van der Waals surface area contributed by atoms with Crippen LogP contribution < -0.4 is 5.43 Å². The number of hydrogen-bond acceptors (Lipinski definition) is 3. The molecule has 1 unspecified atom stereocenters. The number of hydrogen-bond donors (Lipinski definition) is 0. The van der Waals surface area contributed by atoms with Crippen LogP contribution in [-0.4, -0.2) is 24.9 Å². The first-order valence-corrected chi connectivity index (χ1v) is 8.63. The Morgan fingerprint density at radius 3 is 2.82 bits per heavy atom. The molecule has 1 amide bonds. The van der Waals surface area contributed by atoms with Crippen LogP contribution in [0.15, 0.2) is 23.0 Å². The molecule has 0 bridgehead atoms. The monoisotopic (exact) mass is 315 g/mol. The van der Waals surface area contributed by atoms with Crippen molar-refractivity contribution in [2.24, 2.45) is 5.92 Å². The number of carbonyl (C=O) groups excluding carboxylic acids is 1. The largest absolute Gasteiger partial charge is 0.345 e. The van der Waals surface area contributed by atoms with Gasteiger partial charge in [0.1, 0.15) is 0 Å². The minimum absolute atomic E-state index is 0.0225. The molecule has 116 valence electrons. The third kappa shape index (κ3) is 2.56. The van der Waals surface area contributed by atoms with E-state index in [1.165, 1.54) is 4.88 Å². The van der Waals surface area contributed by atoms with Crippen molar-refractivity contribution in [1.29, 1.82) is 0 Å². The van der Waals surface area contributed by atoms with Gasteiger partial charge in [-0.25, -0.2) is 0 Å². The Hall–Kier alpha value is -1.68. The minimum Gasteiger partial charge on any atom is -0.345 e. The molecule has 1 aromatic carbocycles. The zero-order valence-electron chi connectivity index (χ0n) is 13.3. The molecule has 0 saturated heterocycles. The number of amides is 1. The van der Waals surface area contributed by atoms with E-state index in [9.17, 15) is 9.59 Å². The van der Waals surface area contributed by atoms with E-state index in [1.54, 1.807) is 36.4 Å². The van der Waals surface area contributed by atoms with Gasteiger partial charge < -0.3 is 4.90 Å². The van der Waals surface area contributed by atoms with Gasteiger partial charge >= 0.3 is 0 Å². The lowest BCUT2D eigenvalue weighted by molar-refractivity contribution is 0.0828. The van der Waals surface area contributed by atoms with Gasteiger partial charge in [-0.05, 0) is 43.4 Å². The first-order valence-electron chi connectivity index (χ1n) is 7.81. The van der Waals surface area contributed by atoms with Crippen molar-refractivity contribution in [1.82, 2.24) is 4.90 Å². The summed E-state index contributed by atoms with van der Waals surface area (Å²) in [7, 11) is 3.49. The number of rotatable bonds is 2. The van der Waals surface area contributed by atoms with E-state index >= 15 is 0 Å². The summed E-state index contributed by atoms with van der Waals surface area (Å²) in [4.78, 5) is 27.6. The Bertz CT molecular complexity index is 792. The molecule has 1 aliphatic carbocycles. The summed E-state index contributed by atoms with van der Waals surface area (Å²) in [5, 5.41) is 0.758. The lowest BCUT2D eigenvalue weighted by atomic mass is 9.86. The van der Waals surface area contributed by atoms with Crippen LogP contribution in [0.3, 0.4) is 0 Å². The first kappa shape index (κ1) is 15.2. The van der Waals surface area contributed by atoms with Crippen molar-refractivity contribution >= 4 is 27.3 Å². The van der Waals surface area contributed by atoms with Crippen LogP contribution in [-0.2, 0) is 12.8 Å². The fraction of sp³-hybridized carbons (Fsp3) is 0.444. The van der Waals surface area contributed by atoms with Crippen LogP contribution in [0.2, 0.25) is 0 Å². The molecule has 3 nitrogen and oxygen atoms in total. The lowest BCUT2D eigenvalue weighted by Crippen LogP contribution is -2.22. The van der Waals surface area contributed by atoms with Crippen molar-refractivity contribution in [3.63, 3.8) is 0 Å². The zero-order valence-corrected chi connectivity index (χ0v) is 14.1. The summed E-state index contributed by atoms with van der Waals surface area (Å²) >= 11 is 1.70. The van der Waals surface area contributed by atoms with Crippen LogP contribution in [0.4, 0.5) is 0 Å². The highest BCUT2D eigenvalue weighted by atomic mass is 32.1. The van der Waals surface area contributed by atoms with Crippen LogP contribution in [0.5, 0.6) is 0 Å². The van der Waals surface area contributed by atoms with Gasteiger partial charge in [0.15, 0.2) is 5.43 Å². The van der Waals surface area contributed by atoms with Crippen LogP contribution >= 0.6 is 11.3 Å². The molecule has 3 rings (SSSR count). The molecule has 2 aromatic rings. The first-order chi connectivity index (χ1) is 10.5. The molecule has 0 spiro atoms. The Balaban J connectivity index is 2.14. The predicted molar refractivity (Wildman–Crippen MR) is 91.9 cm³/mol. The van der Waals surface area contributed by atoms with E-state index < -0.39 is 0 Å². The number of nitrogens with zero attached hydrogens (tertiary/aromatic N) is 1. The van der Waals surface area contributed by atoms with E-state index in [4.69, 9.17) is 0 Å². The third-order valence-corrected chi connectivity index (χ3v) is 5.79. The summed E-state index contributed by atoms with van der Waals surface area (Å²) in [5.41, 5.74) is 1.83. The third-order valence-electron chi connectivity index (χ3n) is 4.58. The molecule has 1 aromatic heterocycles. The highest BCUT2D eigenvalue weighted by molar-refractivity contribution is 7.18. The lowest BCUT2D eigenvalue weighted by Gasteiger charge is -2.22. The maximum absolute atomic E-state index is 12.7. The molecule has 0 aliphatic heterocycles. The maximum Gasteiger partial charge on any atom is 0.253 e. The highest BCUT2D eigenvalue weighted by Gasteiger charge is 2.22. The predicted octanol–water partition coefficient (Wildman–Crippen LogP) is 3.48. The fourth-order valence-electron chi connectivity index (χ4n) is 3.15. The van der Waals surface area contributed by atoms with E-state index in [0.717, 1.165) is 41.3 Å². The summed E-state index contributed by atoms with van der Waals surface area (Å²) < 4.78 is 0.938. The summed E-state index contributed by atoms with van der Waals surface area (Å²) in [6.07, 6.45) is 4.19. The standard InChI is InChI=1S/C18H21NO2S/c1-4-11-5-7-13-15(9-11)22-16-10-12(18(21)19(2)3)6-8-14(16)17(13)20/h6,8,10-11H,4-5,7,9H2,1-3H3. The van der Waals surface area contributed by atoms with Gasteiger partial charge in [0.25, 0.3) is 5.91 Å². The quantitative estimate of drug-likeness (QED) is 0.851. The zero-order chi connectivity index (χ0) is 15.9. The number of fused-ring (bicyclic) bond motifs is 2. The molecule has 1 heterocycles. The average Bonchev–Trinajstić information content (AvgIpc) is 2.53. The van der Waals surface area contributed by atoms with Crippen LogP contribution in [0.1, 0.15) is 40.6 Å². The maximum atomic E-state index is 12.7.